The van der Waals surface area contributed by atoms with Crippen LogP contribution >= 0.6 is 0 Å². The van der Waals surface area contributed by atoms with Crippen molar-refractivity contribution in [1.82, 2.24) is 10.2 Å². The maximum atomic E-state index is 12.1. The fourth-order valence-corrected chi connectivity index (χ4v) is 3.09. The fraction of sp³-hybridized carbons (Fsp3) is 0.650. The molecule has 2 rings (SSSR count). The molecule has 0 aliphatic carbocycles. The number of piperidine rings is 1. The molecule has 7 heteroatoms. The summed E-state index contributed by atoms with van der Waals surface area (Å²) in [6, 6.07) is 6.44. The molecule has 0 atom stereocenters. The van der Waals surface area contributed by atoms with E-state index in [0.717, 1.165) is 25.3 Å². The Labute approximate surface area is 159 Å². The van der Waals surface area contributed by atoms with Crippen LogP contribution in [0.15, 0.2) is 24.3 Å². The van der Waals surface area contributed by atoms with E-state index in [1.807, 2.05) is 0 Å². The molecule has 0 spiro atoms. The molecule has 0 unspecified atom stereocenters. The van der Waals surface area contributed by atoms with Gasteiger partial charge in [-0.05, 0) is 68.9 Å². The first kappa shape index (κ1) is 21.7. The zero-order chi connectivity index (χ0) is 19.7. The second-order valence-electron chi connectivity index (χ2n) is 7.29. The first-order valence-corrected chi connectivity index (χ1v) is 9.57. The standard InChI is InChI=1S/C20H29F3N2O2/c1-16-8-12-25(13-9-16)11-3-2-10-24-19(26)18-6-4-17(5-7-18)14-27-15-20(21,22)23/h4-7,16H,2-3,8-15H2,1H3,(H,24,26). The van der Waals surface area contributed by atoms with Crippen molar-refractivity contribution in [1.29, 1.82) is 0 Å². The number of amides is 1. The van der Waals surface area contributed by atoms with Crippen LogP contribution in [0.25, 0.3) is 0 Å². The lowest BCUT2D eigenvalue weighted by molar-refractivity contribution is -0.176. The molecule has 0 bridgehead atoms. The van der Waals surface area contributed by atoms with E-state index in [2.05, 4.69) is 21.9 Å². The van der Waals surface area contributed by atoms with E-state index in [-0.39, 0.29) is 12.5 Å². The molecular weight excluding hydrogens is 357 g/mol. The third-order valence-electron chi connectivity index (χ3n) is 4.81. The molecule has 0 radical (unpaired) electrons. The van der Waals surface area contributed by atoms with Gasteiger partial charge in [-0.2, -0.15) is 13.2 Å². The lowest BCUT2D eigenvalue weighted by atomic mass is 9.99. The maximum absolute atomic E-state index is 12.1. The minimum Gasteiger partial charge on any atom is -0.367 e. The molecule has 1 aromatic carbocycles. The highest BCUT2D eigenvalue weighted by atomic mass is 19.4. The molecule has 1 fully saturated rings. The number of carbonyl (C=O) groups is 1. The van der Waals surface area contributed by atoms with E-state index in [1.165, 1.54) is 25.9 Å². The second kappa shape index (κ2) is 10.7. The highest BCUT2D eigenvalue weighted by Gasteiger charge is 2.27. The number of carbonyl (C=O) groups excluding carboxylic acids is 1. The number of unbranched alkanes of at least 4 members (excludes halogenated alkanes) is 1. The number of nitrogens with one attached hydrogen (secondary N) is 1. The third-order valence-corrected chi connectivity index (χ3v) is 4.81. The van der Waals surface area contributed by atoms with E-state index in [9.17, 15) is 18.0 Å². The number of ether oxygens (including phenoxy) is 1. The van der Waals surface area contributed by atoms with Crippen molar-refractivity contribution in [2.45, 2.75) is 45.4 Å². The fourth-order valence-electron chi connectivity index (χ4n) is 3.09. The molecule has 1 saturated heterocycles. The summed E-state index contributed by atoms with van der Waals surface area (Å²) in [7, 11) is 0. The Balaban J connectivity index is 1.60. The predicted octanol–water partition coefficient (Wildman–Crippen LogP) is 4.01. The van der Waals surface area contributed by atoms with Crippen molar-refractivity contribution < 1.29 is 22.7 Å². The second-order valence-corrected chi connectivity index (χ2v) is 7.29. The number of benzene rings is 1. The van der Waals surface area contributed by atoms with Crippen LogP contribution in [0, 0.1) is 5.92 Å². The summed E-state index contributed by atoms with van der Waals surface area (Å²) in [5.74, 6) is 0.674. The summed E-state index contributed by atoms with van der Waals surface area (Å²) in [4.78, 5) is 14.6. The van der Waals surface area contributed by atoms with Gasteiger partial charge in [-0.25, -0.2) is 0 Å². The monoisotopic (exact) mass is 386 g/mol. The number of alkyl halides is 3. The average Bonchev–Trinajstić information content (AvgIpc) is 2.62. The highest BCUT2D eigenvalue weighted by Crippen LogP contribution is 2.17. The topological polar surface area (TPSA) is 41.6 Å². The lowest BCUT2D eigenvalue weighted by Crippen LogP contribution is -2.34. The van der Waals surface area contributed by atoms with Gasteiger partial charge >= 0.3 is 6.18 Å². The Bertz CT molecular complexity index is 568. The Morgan fingerprint density at radius 2 is 1.85 bits per heavy atom. The molecule has 1 aliphatic heterocycles. The SMILES string of the molecule is CC1CCN(CCCCNC(=O)c2ccc(COCC(F)(F)F)cc2)CC1. The Morgan fingerprint density at radius 1 is 1.19 bits per heavy atom. The molecular formula is C20H29F3N2O2. The summed E-state index contributed by atoms with van der Waals surface area (Å²) in [5, 5.41) is 2.89. The van der Waals surface area contributed by atoms with E-state index < -0.39 is 12.8 Å². The van der Waals surface area contributed by atoms with Gasteiger partial charge in [-0.15, -0.1) is 0 Å². The Hall–Kier alpha value is -1.60. The van der Waals surface area contributed by atoms with Crippen molar-refractivity contribution in [2.24, 2.45) is 5.92 Å². The predicted molar refractivity (Wildman–Crippen MR) is 98.6 cm³/mol. The van der Waals surface area contributed by atoms with Gasteiger partial charge in [0.25, 0.3) is 5.91 Å². The van der Waals surface area contributed by atoms with Crippen molar-refractivity contribution >= 4 is 5.91 Å². The van der Waals surface area contributed by atoms with Gasteiger partial charge in [0.15, 0.2) is 0 Å². The van der Waals surface area contributed by atoms with Crippen LogP contribution in [0.1, 0.15) is 48.5 Å². The average molecular weight is 386 g/mol. The van der Waals surface area contributed by atoms with Crippen LogP contribution in [0.3, 0.4) is 0 Å². The minimum atomic E-state index is -4.33. The highest BCUT2D eigenvalue weighted by molar-refractivity contribution is 5.94. The van der Waals surface area contributed by atoms with Crippen LogP contribution in [-0.2, 0) is 11.3 Å². The molecule has 0 saturated carbocycles. The van der Waals surface area contributed by atoms with Gasteiger partial charge in [0.2, 0.25) is 0 Å². The molecule has 152 valence electrons. The van der Waals surface area contributed by atoms with E-state index in [4.69, 9.17) is 0 Å². The van der Waals surface area contributed by atoms with Gasteiger partial charge in [0.1, 0.15) is 6.61 Å². The van der Waals surface area contributed by atoms with Gasteiger partial charge in [-0.3, -0.25) is 4.79 Å². The zero-order valence-corrected chi connectivity index (χ0v) is 15.9. The zero-order valence-electron chi connectivity index (χ0n) is 15.9. The number of rotatable bonds is 9. The third kappa shape index (κ3) is 8.75. The van der Waals surface area contributed by atoms with Gasteiger partial charge in [0.05, 0.1) is 6.61 Å². The van der Waals surface area contributed by atoms with Crippen molar-refractivity contribution in [3.05, 3.63) is 35.4 Å². The Morgan fingerprint density at radius 3 is 2.48 bits per heavy atom. The molecule has 27 heavy (non-hydrogen) atoms. The van der Waals surface area contributed by atoms with Crippen LogP contribution in [0.5, 0.6) is 0 Å². The number of halogens is 3. The molecule has 1 N–H and O–H groups in total. The summed E-state index contributed by atoms with van der Waals surface area (Å²) in [6.45, 7) is 4.95. The van der Waals surface area contributed by atoms with E-state index in [0.29, 0.717) is 17.7 Å². The van der Waals surface area contributed by atoms with E-state index >= 15 is 0 Å². The molecule has 0 aromatic heterocycles. The van der Waals surface area contributed by atoms with Crippen LogP contribution < -0.4 is 5.32 Å². The van der Waals surface area contributed by atoms with Crippen molar-refractivity contribution in [3.63, 3.8) is 0 Å². The summed E-state index contributed by atoms with van der Waals surface area (Å²) in [6.07, 6.45) is 0.208. The van der Waals surface area contributed by atoms with Crippen LogP contribution in [0.4, 0.5) is 13.2 Å². The molecule has 1 aliphatic rings. The van der Waals surface area contributed by atoms with Gasteiger partial charge in [0, 0.05) is 12.1 Å². The van der Waals surface area contributed by atoms with Gasteiger partial charge < -0.3 is 15.0 Å². The van der Waals surface area contributed by atoms with E-state index in [1.54, 1.807) is 24.3 Å². The van der Waals surface area contributed by atoms with Gasteiger partial charge in [-0.1, -0.05) is 19.1 Å². The van der Waals surface area contributed by atoms with Crippen LogP contribution in [-0.4, -0.2) is 49.8 Å². The number of hydrogen-bond donors (Lipinski definition) is 1. The summed E-state index contributed by atoms with van der Waals surface area (Å²) < 4.78 is 40.7. The minimum absolute atomic E-state index is 0.128. The molecule has 1 aromatic rings. The first-order chi connectivity index (χ1) is 12.8. The van der Waals surface area contributed by atoms with Crippen molar-refractivity contribution in [3.8, 4) is 0 Å². The molecule has 4 nitrogen and oxygen atoms in total. The first-order valence-electron chi connectivity index (χ1n) is 9.57. The largest absolute Gasteiger partial charge is 0.411 e. The molecule has 1 heterocycles. The number of hydrogen-bond acceptors (Lipinski definition) is 3. The summed E-state index contributed by atoms with van der Waals surface area (Å²) >= 11 is 0. The lowest BCUT2D eigenvalue weighted by Gasteiger charge is -2.30. The van der Waals surface area contributed by atoms with Crippen molar-refractivity contribution in [2.75, 3.05) is 32.8 Å². The Kier molecular flexibility index (Phi) is 8.57. The number of likely N-dealkylation sites (tertiary alicyclic amines) is 1. The maximum Gasteiger partial charge on any atom is 0.411 e. The smallest absolute Gasteiger partial charge is 0.367 e. The quantitative estimate of drug-likeness (QED) is 0.652. The summed E-state index contributed by atoms with van der Waals surface area (Å²) in [5.41, 5.74) is 1.10. The van der Waals surface area contributed by atoms with Crippen LogP contribution in [0.2, 0.25) is 0 Å². The normalized spacial score (nSPS) is 16.4. The number of nitrogens with zero attached hydrogens (tertiary/aromatic N) is 1. The molecule has 1 amide bonds.